The number of anilines is 3. The van der Waals surface area contributed by atoms with E-state index in [0.717, 1.165) is 5.39 Å². The van der Waals surface area contributed by atoms with Crippen molar-refractivity contribution in [1.29, 1.82) is 0 Å². The Morgan fingerprint density at radius 1 is 0.378 bits per heavy atom. The summed E-state index contributed by atoms with van der Waals surface area (Å²) in [5.41, 5.74) is -2.72. The monoisotopic (exact) mass is 593 g/mol. The molecule has 0 fully saturated rings. The molecule has 0 amide bonds. The summed E-state index contributed by atoms with van der Waals surface area (Å²) in [7, 11) is 0. The summed E-state index contributed by atoms with van der Waals surface area (Å²) < 4.78 is 179. The van der Waals surface area contributed by atoms with Gasteiger partial charge in [-0.1, -0.05) is 157 Å². The lowest BCUT2D eigenvalue weighted by Gasteiger charge is -2.27. The molecule has 8 aromatic carbocycles. The first kappa shape index (κ1) is 13.0. The smallest absolute Gasteiger partial charge is 0.0645 e. The number of benzene rings is 8. The van der Waals surface area contributed by atoms with Crippen LogP contribution in [0.1, 0.15) is 27.4 Å². The van der Waals surface area contributed by atoms with Gasteiger partial charge in [-0.25, -0.2) is 0 Å². The predicted octanol–water partition coefficient (Wildman–Crippen LogP) is 12.5. The van der Waals surface area contributed by atoms with Gasteiger partial charge in [0.25, 0.3) is 0 Å². The molecule has 0 saturated carbocycles. The minimum absolute atomic E-state index is 0.204. The van der Waals surface area contributed by atoms with Crippen LogP contribution in [0, 0.1) is 0 Å². The lowest BCUT2D eigenvalue weighted by atomic mass is 9.90. The highest BCUT2D eigenvalue weighted by Gasteiger charge is 2.17. The first-order valence-corrected chi connectivity index (χ1v) is 13.8. The molecule has 1 heteroatoms. The summed E-state index contributed by atoms with van der Waals surface area (Å²) in [4.78, 5) is 0.595. The second kappa shape index (κ2) is 11.6. The Balaban J connectivity index is 1.56. The number of nitrogens with zero attached hydrogens (tertiary/aromatic N) is 1. The quantitative estimate of drug-likeness (QED) is 0.185. The Bertz CT molecular complexity index is 3290. The minimum Gasteiger partial charge on any atom is -0.310 e. The van der Waals surface area contributed by atoms with Gasteiger partial charge in [-0.2, -0.15) is 0 Å². The highest BCUT2D eigenvalue weighted by atomic mass is 15.1. The van der Waals surface area contributed by atoms with E-state index in [9.17, 15) is 12.3 Å². The molecule has 0 saturated heterocycles. The maximum absolute atomic E-state index is 9.63. The average Bonchev–Trinajstić information content (AvgIpc) is 3.30. The molecule has 0 unspecified atom stereocenters. The summed E-state index contributed by atoms with van der Waals surface area (Å²) >= 11 is 0. The van der Waals surface area contributed by atoms with Crippen LogP contribution >= 0.6 is 0 Å². The highest BCUT2D eigenvalue weighted by molar-refractivity contribution is 6.04. The molecular formula is C44H31N. The van der Waals surface area contributed by atoms with Crippen LogP contribution in [0.15, 0.2) is 188 Å². The second-order valence-electron chi connectivity index (χ2n) is 9.83. The molecule has 0 bridgehead atoms. The Kier molecular flexibility index (Phi) is 3.36. The van der Waals surface area contributed by atoms with Crippen LogP contribution in [0.5, 0.6) is 0 Å². The Morgan fingerprint density at radius 3 is 1.78 bits per heavy atom. The summed E-state index contributed by atoms with van der Waals surface area (Å²) in [5.74, 6) is 0. The molecule has 0 heterocycles. The van der Waals surface area contributed by atoms with Crippen LogP contribution in [0.25, 0.3) is 54.9 Å². The fourth-order valence-electron chi connectivity index (χ4n) is 5.17. The third-order valence-electron chi connectivity index (χ3n) is 7.20. The van der Waals surface area contributed by atoms with Crippen molar-refractivity contribution in [3.8, 4) is 33.4 Å². The van der Waals surface area contributed by atoms with Crippen LogP contribution in [0.4, 0.5) is 17.1 Å². The Hall–Kier alpha value is -5.92. The molecule has 0 spiro atoms. The molecule has 8 rings (SSSR count). The van der Waals surface area contributed by atoms with Gasteiger partial charge in [0.05, 0.1) is 33.1 Å². The topological polar surface area (TPSA) is 3.24 Å². The molecular weight excluding hydrogens is 542 g/mol. The average molecular weight is 594 g/mol. The van der Waals surface area contributed by atoms with Gasteiger partial charge in [-0.15, -0.1) is 0 Å². The third-order valence-corrected chi connectivity index (χ3v) is 7.20. The Labute approximate surface area is 292 Å². The highest BCUT2D eigenvalue weighted by Crippen LogP contribution is 2.42. The van der Waals surface area contributed by atoms with E-state index in [1.807, 2.05) is 30.3 Å². The standard InChI is InChI=1S/C44H31N/c1-3-12-32(13-4-1)33-22-27-38(28-23-33)45(43-21-11-18-34-14-7-9-19-40(34)43)39-29-24-36(25-30-39)42-31-26-35-15-8-10-20-41(35)44(42)37-16-5-2-6-17-37/h1-31H/i1D,3D,4D,7D,9D,11D,12D,13D,14D,18D,19D,21D,22D,23D,24D,25D,27D,28D,29D,30D. The molecule has 0 N–H and O–H groups in total. The van der Waals surface area contributed by atoms with Crippen LogP contribution in [-0.4, -0.2) is 0 Å². The molecule has 0 aromatic heterocycles. The number of fused-ring (bicyclic) bond motifs is 2. The third kappa shape index (κ3) is 5.05. The molecule has 1 nitrogen and oxygen atoms in total. The summed E-state index contributed by atoms with van der Waals surface area (Å²) in [6, 6.07) is 2.07. The fraction of sp³-hybridized carbons (Fsp3) is 0. The maximum Gasteiger partial charge on any atom is 0.0645 e. The molecule has 0 aliphatic rings. The van der Waals surface area contributed by atoms with E-state index < -0.39 is 160 Å². The van der Waals surface area contributed by atoms with Gasteiger partial charge in [0.1, 0.15) is 0 Å². The summed E-state index contributed by atoms with van der Waals surface area (Å²) in [6.45, 7) is 0. The van der Waals surface area contributed by atoms with Crippen molar-refractivity contribution in [1.82, 2.24) is 0 Å². The molecule has 0 aliphatic heterocycles. The summed E-state index contributed by atoms with van der Waals surface area (Å²) in [6.07, 6.45) is 0. The van der Waals surface area contributed by atoms with Gasteiger partial charge in [0, 0.05) is 16.8 Å². The molecule has 0 radical (unpaired) electrons. The maximum atomic E-state index is 9.63. The Morgan fingerprint density at radius 2 is 1.00 bits per heavy atom. The van der Waals surface area contributed by atoms with Crippen LogP contribution in [0.3, 0.4) is 0 Å². The molecule has 212 valence electrons. The van der Waals surface area contributed by atoms with E-state index in [4.69, 9.17) is 15.1 Å². The van der Waals surface area contributed by atoms with E-state index in [2.05, 4.69) is 0 Å². The normalized spacial score (nSPS) is 17.3. The zero-order valence-electron chi connectivity index (χ0n) is 43.3. The predicted molar refractivity (Wildman–Crippen MR) is 192 cm³/mol. The largest absolute Gasteiger partial charge is 0.310 e. The van der Waals surface area contributed by atoms with E-state index in [1.165, 1.54) is 0 Å². The molecule has 45 heavy (non-hydrogen) atoms. The molecule has 0 aliphatic carbocycles. The van der Waals surface area contributed by atoms with E-state index >= 15 is 0 Å². The van der Waals surface area contributed by atoms with Gasteiger partial charge in [0.2, 0.25) is 0 Å². The number of hydrogen-bond acceptors (Lipinski definition) is 1. The first-order chi connectivity index (χ1) is 30.7. The number of rotatable bonds is 6. The van der Waals surface area contributed by atoms with Crippen LogP contribution < -0.4 is 4.90 Å². The zero-order valence-corrected chi connectivity index (χ0v) is 23.3. The zero-order chi connectivity index (χ0) is 47.4. The van der Waals surface area contributed by atoms with Gasteiger partial charge in [-0.3, -0.25) is 0 Å². The van der Waals surface area contributed by atoms with E-state index in [-0.39, 0.29) is 11.1 Å². The van der Waals surface area contributed by atoms with Crippen molar-refractivity contribution in [3.05, 3.63) is 188 Å². The van der Waals surface area contributed by atoms with Gasteiger partial charge in [0.15, 0.2) is 0 Å². The van der Waals surface area contributed by atoms with Crippen molar-refractivity contribution in [2.45, 2.75) is 0 Å². The lowest BCUT2D eigenvalue weighted by Crippen LogP contribution is -2.10. The fourth-order valence-corrected chi connectivity index (χ4v) is 5.17. The van der Waals surface area contributed by atoms with Gasteiger partial charge >= 0.3 is 0 Å². The SMILES string of the molecule is [2H]c1c([2H])c([2H])c(-c2c([2H])c([2H])c(N(c3c([2H])c([2H])c(-c4ccc5ccccc5c4-c4ccccc4)c([2H])c3[2H])c3c([2H])c([2H])c([2H])c4c([2H])c([2H])c([2H])c([2H])c34)c([2H])c2[2H])c([2H])c1[2H]. The van der Waals surface area contributed by atoms with E-state index in [0.29, 0.717) is 21.4 Å². The molecule has 8 aromatic rings. The van der Waals surface area contributed by atoms with Crippen molar-refractivity contribution >= 4 is 38.6 Å². The van der Waals surface area contributed by atoms with Crippen molar-refractivity contribution in [2.24, 2.45) is 0 Å². The summed E-state index contributed by atoms with van der Waals surface area (Å²) in [5, 5.41) is 0.237. The van der Waals surface area contributed by atoms with Gasteiger partial charge in [-0.05, 0) is 79.8 Å². The van der Waals surface area contributed by atoms with Crippen molar-refractivity contribution < 1.29 is 27.4 Å². The van der Waals surface area contributed by atoms with Gasteiger partial charge < -0.3 is 4.90 Å². The first-order valence-electron chi connectivity index (χ1n) is 23.8. The lowest BCUT2D eigenvalue weighted by molar-refractivity contribution is 1.30. The second-order valence-corrected chi connectivity index (χ2v) is 9.83. The van der Waals surface area contributed by atoms with Crippen molar-refractivity contribution in [2.75, 3.05) is 4.90 Å². The van der Waals surface area contributed by atoms with E-state index in [1.54, 1.807) is 36.4 Å². The minimum atomic E-state index is -1.07. The number of hydrogen-bond donors (Lipinski definition) is 0. The van der Waals surface area contributed by atoms with Crippen LogP contribution in [0.2, 0.25) is 0 Å². The molecule has 0 atom stereocenters. The van der Waals surface area contributed by atoms with Crippen molar-refractivity contribution in [3.63, 3.8) is 0 Å². The van der Waals surface area contributed by atoms with Crippen LogP contribution in [-0.2, 0) is 0 Å².